The van der Waals surface area contributed by atoms with Crippen molar-refractivity contribution >= 4 is 46.6 Å². The summed E-state index contributed by atoms with van der Waals surface area (Å²) in [4.78, 5) is 58.4. The number of piperidine rings is 1. The first-order valence-electron chi connectivity index (χ1n) is 35.3. The molecule has 1 saturated carbocycles. The number of benzene rings is 5. The average Bonchev–Trinajstić information content (AvgIpc) is 1.45. The van der Waals surface area contributed by atoms with Crippen molar-refractivity contribution in [2.75, 3.05) is 150 Å². The molecule has 25 heteroatoms. The molecule has 2 atom stereocenters. The number of phenols is 2. The van der Waals surface area contributed by atoms with Gasteiger partial charge in [0.1, 0.15) is 46.1 Å². The van der Waals surface area contributed by atoms with Gasteiger partial charge in [-0.3, -0.25) is 19.3 Å². The molecule has 542 valence electrons. The highest BCUT2D eigenvalue weighted by Crippen LogP contribution is 2.57. The third kappa shape index (κ3) is 20.5. The molecule has 5 aromatic carbocycles. The number of esters is 1. The van der Waals surface area contributed by atoms with Crippen molar-refractivity contribution < 1.29 is 91.3 Å². The molecule has 24 nitrogen and oxygen atoms in total. The van der Waals surface area contributed by atoms with Gasteiger partial charge in [-0.1, -0.05) is 50.8 Å². The monoisotopic (exact) mass is 1400 g/mol. The third-order valence-electron chi connectivity index (χ3n) is 18.6. The topological polar surface area (TPSA) is 282 Å². The normalized spacial score (nSPS) is 17.3. The molecule has 10 rings (SSSR count). The number of carbonyl (C=O) groups excluding carboxylic acids is 4. The SMILES string of the molecule is CCCCN1C(=O)[C@@H]([C@H](O)C2CCCCC2)NC(=O)C12CCN(Cc1ccc(Oc3ccc(C(=O)CCCOCCOCCOCCOCCOCCOCCOCCOCCOCCNC(=S)Nc4ccc5c(c4)C(=O)OC54c5ccc(O)cc5Oc5cc(O)ccc54)cc3)cc1)CC2. The van der Waals surface area contributed by atoms with Crippen LogP contribution in [-0.2, 0) is 69.1 Å². The molecule has 0 radical (unpaired) electrons. The van der Waals surface area contributed by atoms with Gasteiger partial charge < -0.3 is 93.0 Å². The maximum Gasteiger partial charge on any atom is 0.340 e. The first kappa shape index (κ1) is 75.3. The van der Waals surface area contributed by atoms with E-state index >= 15 is 0 Å². The third-order valence-corrected chi connectivity index (χ3v) is 18.9. The standard InChI is InChI=1S/C75H97N5O19S/c1-2-3-28-80-70(85)68(69(84)55-8-5-4-6-9-55)78-72(87)74(80)25-29-79(30-26-74)52-53-11-18-59(19-12-53)97-60-20-13-54(14-21-60)65(83)10-7-31-88-33-35-90-37-39-92-41-43-94-45-47-96-48-46-95-44-42-93-40-38-91-36-34-89-32-27-76-73(100)77-56-15-22-62-61(49-56)71(86)99-75(62)63-23-16-57(81)50-66(63)98-67-51-58(82)17-24-64(67)75/h11-24,49-51,55,68-69,81-82,84H,2-10,25-48,52H2,1H3,(H,78,87)(H2,76,77,100)/t68-,69-/m1/s1. The molecular formula is C75H97N5O19S. The van der Waals surface area contributed by atoms with Crippen molar-refractivity contribution in [3.8, 4) is 34.5 Å². The fourth-order valence-electron chi connectivity index (χ4n) is 13.3. The van der Waals surface area contributed by atoms with Gasteiger partial charge in [0.05, 0.1) is 124 Å². The van der Waals surface area contributed by atoms with Crippen molar-refractivity contribution in [3.63, 3.8) is 0 Å². The summed E-state index contributed by atoms with van der Waals surface area (Å²) in [5.41, 5.74) is 2.08. The van der Waals surface area contributed by atoms with E-state index in [4.69, 9.17) is 69.1 Å². The molecule has 100 heavy (non-hydrogen) atoms. The molecule has 6 N–H and O–H groups in total. The number of aromatic hydroxyl groups is 2. The zero-order valence-electron chi connectivity index (χ0n) is 57.3. The number of hydrogen-bond donors (Lipinski definition) is 6. The van der Waals surface area contributed by atoms with Crippen LogP contribution < -0.4 is 25.4 Å². The van der Waals surface area contributed by atoms with Crippen LogP contribution >= 0.6 is 12.2 Å². The number of rotatable bonds is 42. The lowest BCUT2D eigenvalue weighted by atomic mass is 9.77. The van der Waals surface area contributed by atoms with E-state index in [2.05, 4.69) is 27.8 Å². The second-order valence-electron chi connectivity index (χ2n) is 25.5. The Balaban J connectivity index is 0.462. The summed E-state index contributed by atoms with van der Waals surface area (Å²) in [5.74, 6) is 1.17. The van der Waals surface area contributed by atoms with Gasteiger partial charge in [0.15, 0.2) is 16.5 Å². The Kier molecular flexibility index (Phi) is 29.1. The number of nitrogens with zero attached hydrogens (tertiary/aromatic N) is 2. The second kappa shape index (κ2) is 38.6. The van der Waals surface area contributed by atoms with Crippen molar-refractivity contribution in [2.45, 2.75) is 107 Å². The number of phenolic OH excluding ortho intramolecular Hbond substituents is 2. The van der Waals surface area contributed by atoms with E-state index in [0.29, 0.717) is 239 Å². The lowest BCUT2D eigenvalue weighted by Gasteiger charge is -2.52. The predicted octanol–water partition coefficient (Wildman–Crippen LogP) is 8.96. The largest absolute Gasteiger partial charge is 0.508 e. The van der Waals surface area contributed by atoms with Gasteiger partial charge in [-0.05, 0) is 135 Å². The number of carbonyl (C=O) groups is 4. The first-order chi connectivity index (χ1) is 48.8. The number of aliphatic hydroxyl groups excluding tert-OH is 1. The lowest BCUT2D eigenvalue weighted by molar-refractivity contribution is -0.166. The van der Waals surface area contributed by atoms with Crippen LogP contribution in [0.25, 0.3) is 0 Å². The number of amides is 2. The molecule has 2 saturated heterocycles. The fourth-order valence-corrected chi connectivity index (χ4v) is 13.6. The minimum absolute atomic E-state index is 0.0185. The van der Waals surface area contributed by atoms with Crippen LogP contribution in [-0.4, -0.2) is 217 Å². The fraction of sp³-hybridized carbons (Fsp3) is 0.533. The van der Waals surface area contributed by atoms with E-state index in [0.717, 1.165) is 50.5 Å². The lowest BCUT2D eigenvalue weighted by Crippen LogP contribution is -2.75. The predicted molar refractivity (Wildman–Crippen MR) is 375 cm³/mol. The molecule has 2 spiro atoms. The molecule has 5 aromatic rings. The number of likely N-dealkylation sites (tertiary alicyclic amines) is 1. The molecule has 2 amide bonds. The van der Waals surface area contributed by atoms with E-state index in [-0.39, 0.29) is 35.0 Å². The maximum absolute atomic E-state index is 14.0. The van der Waals surface area contributed by atoms with Crippen molar-refractivity contribution in [1.29, 1.82) is 0 Å². The summed E-state index contributed by atoms with van der Waals surface area (Å²) in [5, 5.41) is 41.2. The molecule has 0 aromatic heterocycles. The number of thiocarbonyl (C=S) groups is 1. The van der Waals surface area contributed by atoms with Crippen LogP contribution in [0.15, 0.2) is 103 Å². The van der Waals surface area contributed by atoms with Gasteiger partial charge in [-0.25, -0.2) is 4.79 Å². The van der Waals surface area contributed by atoms with Crippen LogP contribution in [0.4, 0.5) is 5.69 Å². The first-order valence-corrected chi connectivity index (χ1v) is 35.7. The zero-order chi connectivity index (χ0) is 69.9. The molecule has 4 aliphatic heterocycles. The number of hydrogen-bond acceptors (Lipinski definition) is 21. The van der Waals surface area contributed by atoms with Crippen LogP contribution in [0, 0.1) is 5.92 Å². The highest BCUT2D eigenvalue weighted by Gasteiger charge is 2.56. The number of fused-ring (bicyclic) bond motifs is 6. The summed E-state index contributed by atoms with van der Waals surface area (Å²) in [6, 6.07) is 28.8. The molecule has 1 aliphatic carbocycles. The maximum atomic E-state index is 14.0. The van der Waals surface area contributed by atoms with E-state index in [1.165, 1.54) is 24.3 Å². The highest BCUT2D eigenvalue weighted by molar-refractivity contribution is 7.80. The number of piperazine rings is 1. The quantitative estimate of drug-likeness (QED) is 0.00920. The van der Waals surface area contributed by atoms with Crippen LogP contribution in [0.2, 0.25) is 0 Å². The van der Waals surface area contributed by atoms with Crippen molar-refractivity contribution in [2.24, 2.45) is 5.92 Å². The molecule has 0 unspecified atom stereocenters. The van der Waals surface area contributed by atoms with E-state index in [9.17, 15) is 34.5 Å². The summed E-state index contributed by atoms with van der Waals surface area (Å²) in [6.45, 7) is 12.8. The molecule has 5 aliphatic rings. The zero-order valence-corrected chi connectivity index (χ0v) is 58.1. The summed E-state index contributed by atoms with van der Waals surface area (Å²) < 4.78 is 68.7. The Hall–Kier alpha value is -7.37. The minimum atomic E-state index is -1.35. The van der Waals surface area contributed by atoms with E-state index in [1.54, 1.807) is 54.6 Å². The van der Waals surface area contributed by atoms with Gasteiger partial charge >= 0.3 is 5.97 Å². The number of Topliss-reactive ketones (excluding diaryl/α,β-unsaturated/α-hetero) is 1. The number of unbranched alkanes of at least 4 members (excludes halogenated alkanes) is 1. The van der Waals surface area contributed by atoms with Crippen LogP contribution in [0.3, 0.4) is 0 Å². The van der Waals surface area contributed by atoms with Gasteiger partial charge in [-0.2, -0.15) is 0 Å². The molecule has 4 heterocycles. The smallest absolute Gasteiger partial charge is 0.340 e. The van der Waals surface area contributed by atoms with Crippen LogP contribution in [0.1, 0.15) is 121 Å². The number of ketones is 1. The van der Waals surface area contributed by atoms with Crippen molar-refractivity contribution in [1.82, 2.24) is 20.4 Å². The van der Waals surface area contributed by atoms with E-state index < -0.39 is 29.3 Å². The number of aliphatic hydroxyl groups is 1. The average molecular weight is 1400 g/mol. The van der Waals surface area contributed by atoms with Gasteiger partial charge in [0.25, 0.3) is 0 Å². The Morgan fingerprint density at radius 3 is 1.68 bits per heavy atom. The Labute approximate surface area is 590 Å². The number of nitrogens with one attached hydrogen (secondary N) is 3. The van der Waals surface area contributed by atoms with Crippen LogP contribution in [0.5, 0.6) is 34.5 Å². The van der Waals surface area contributed by atoms with Gasteiger partial charge in [0, 0.05) is 85.8 Å². The Morgan fingerprint density at radius 1 is 0.630 bits per heavy atom. The summed E-state index contributed by atoms with van der Waals surface area (Å²) in [6.07, 6.45) is 7.96. The van der Waals surface area contributed by atoms with E-state index in [1.807, 2.05) is 29.2 Å². The van der Waals surface area contributed by atoms with Crippen molar-refractivity contribution in [3.05, 3.63) is 137 Å². The number of anilines is 1. The number of ether oxygens (including phenoxy) is 12. The molecular weight excluding hydrogens is 1310 g/mol. The Morgan fingerprint density at radius 2 is 1.14 bits per heavy atom. The molecule has 0 bridgehead atoms. The summed E-state index contributed by atoms with van der Waals surface area (Å²) in [7, 11) is 0. The molecule has 3 fully saturated rings. The minimum Gasteiger partial charge on any atom is -0.508 e. The second-order valence-corrected chi connectivity index (χ2v) is 25.9. The summed E-state index contributed by atoms with van der Waals surface area (Å²) >= 11 is 5.49. The Bertz CT molecular complexity index is 3390. The highest BCUT2D eigenvalue weighted by atomic mass is 32.1. The van der Waals surface area contributed by atoms with Gasteiger partial charge in [-0.15, -0.1) is 0 Å². The van der Waals surface area contributed by atoms with Gasteiger partial charge in [0.2, 0.25) is 11.8 Å².